The molecule has 0 radical (unpaired) electrons. The van der Waals surface area contributed by atoms with E-state index in [-0.39, 0.29) is 29.2 Å². The van der Waals surface area contributed by atoms with Crippen LogP contribution >= 0.6 is 23.8 Å². The summed E-state index contributed by atoms with van der Waals surface area (Å²) in [5.74, 6) is -2.31. The molecule has 0 aliphatic heterocycles. The Morgan fingerprint density at radius 2 is 1.81 bits per heavy atom. The minimum atomic E-state index is -1.24. The number of nitrogens with zero attached hydrogens (tertiary/aromatic N) is 2. The second kappa shape index (κ2) is 14.6. The minimum Gasteiger partial charge on any atom is -0.450 e. The van der Waals surface area contributed by atoms with Crippen LogP contribution in [0, 0.1) is 17.6 Å². The molecule has 0 aliphatic rings. The lowest BCUT2D eigenvalue weighted by atomic mass is 10.2. The van der Waals surface area contributed by atoms with Crippen LogP contribution in [0.4, 0.5) is 19.3 Å². The van der Waals surface area contributed by atoms with E-state index in [1.54, 1.807) is 31.5 Å². The number of amides is 1. The van der Waals surface area contributed by atoms with Gasteiger partial charge in [-0.25, -0.2) is 18.6 Å². The quantitative estimate of drug-likeness (QED) is 0.105. The molecule has 0 aliphatic carbocycles. The first-order valence-electron chi connectivity index (χ1n) is 13.9. The number of anilines is 1. The third-order valence-electron chi connectivity index (χ3n) is 5.97. The Balaban J connectivity index is 1.61. The zero-order chi connectivity index (χ0) is 31.9. The molecule has 3 N–H and O–H groups in total. The number of thiocarbonyl (C=S) groups is 1. The minimum absolute atomic E-state index is 0.00730. The molecule has 1 aromatic carbocycles. The highest BCUT2D eigenvalue weighted by Crippen LogP contribution is 2.37. The van der Waals surface area contributed by atoms with Crippen molar-refractivity contribution in [3.63, 3.8) is 0 Å². The largest absolute Gasteiger partial charge is 0.450 e. The van der Waals surface area contributed by atoms with E-state index in [1.165, 1.54) is 12.3 Å². The zero-order valence-electron chi connectivity index (χ0n) is 25.6. The van der Waals surface area contributed by atoms with Crippen molar-refractivity contribution in [3.8, 4) is 11.5 Å². The van der Waals surface area contributed by atoms with E-state index >= 15 is 8.78 Å². The summed E-state index contributed by atoms with van der Waals surface area (Å²) < 4.78 is 48.6. The van der Waals surface area contributed by atoms with Gasteiger partial charge in [-0.05, 0) is 51.0 Å². The molecule has 43 heavy (non-hydrogen) atoms. The summed E-state index contributed by atoms with van der Waals surface area (Å²) in [6.45, 7) is 15.7. The standard InChI is InChI=1S/C29H40ClF2N5O4SSi/c1-18(15-35-28(38)41-29(2,3)4)14-34-27(42)36-19-12-21(31)25(22(32)13-19)40-23-8-9-33-26-24(23)20(30)16-37(26)17-39-10-11-43(5,6)7/h8-9,12-13,16,18H,10-11,14-15,17H2,1-7H3,(H,35,38)(H2,34,36,42)/t18-/m0/s1. The van der Waals surface area contributed by atoms with Crippen molar-refractivity contribution in [1.82, 2.24) is 20.2 Å². The van der Waals surface area contributed by atoms with Crippen LogP contribution in [0.1, 0.15) is 27.7 Å². The molecule has 3 rings (SSSR count). The predicted octanol–water partition coefficient (Wildman–Crippen LogP) is 7.52. The van der Waals surface area contributed by atoms with Crippen molar-refractivity contribution in [1.29, 1.82) is 0 Å². The van der Waals surface area contributed by atoms with E-state index in [2.05, 4.69) is 40.6 Å². The molecule has 2 heterocycles. The first-order chi connectivity index (χ1) is 20.0. The zero-order valence-corrected chi connectivity index (χ0v) is 28.1. The maximum atomic E-state index is 15.1. The molecule has 0 unspecified atom stereocenters. The van der Waals surface area contributed by atoms with E-state index in [0.29, 0.717) is 35.8 Å². The number of alkyl carbamates (subject to hydrolysis) is 1. The van der Waals surface area contributed by atoms with Crippen molar-refractivity contribution in [2.45, 2.75) is 65.7 Å². The Morgan fingerprint density at radius 1 is 1.16 bits per heavy atom. The lowest BCUT2D eigenvalue weighted by Crippen LogP contribution is -2.39. The van der Waals surface area contributed by atoms with Gasteiger partial charge in [-0.2, -0.15) is 0 Å². The topological polar surface area (TPSA) is 98.7 Å². The highest BCUT2D eigenvalue weighted by molar-refractivity contribution is 7.80. The predicted molar refractivity (Wildman–Crippen MR) is 173 cm³/mol. The van der Waals surface area contributed by atoms with Gasteiger partial charge in [-0.15, -0.1) is 0 Å². The summed E-state index contributed by atoms with van der Waals surface area (Å²) in [6, 6.07) is 4.67. The number of hydrogen-bond acceptors (Lipinski definition) is 6. The molecule has 0 bridgehead atoms. The van der Waals surface area contributed by atoms with Crippen LogP contribution in [0.15, 0.2) is 30.6 Å². The molecule has 14 heteroatoms. The van der Waals surface area contributed by atoms with Crippen molar-refractivity contribution in [2.75, 3.05) is 25.0 Å². The van der Waals surface area contributed by atoms with Crippen LogP contribution in [0.3, 0.4) is 0 Å². The molecular formula is C29H40ClF2N5O4SSi. The number of pyridine rings is 1. The second-order valence-corrected chi connectivity index (χ2v) is 18.9. The molecule has 0 saturated carbocycles. The summed E-state index contributed by atoms with van der Waals surface area (Å²) in [7, 11) is -1.24. The Kier molecular flexibility index (Phi) is 11.7. The Morgan fingerprint density at radius 3 is 2.44 bits per heavy atom. The van der Waals surface area contributed by atoms with Crippen LogP contribution in [-0.4, -0.2) is 54.1 Å². The highest BCUT2D eigenvalue weighted by Gasteiger charge is 2.20. The Hall–Kier alpha value is -3.00. The van der Waals surface area contributed by atoms with Crippen LogP contribution in [0.25, 0.3) is 11.0 Å². The summed E-state index contributed by atoms with van der Waals surface area (Å²) in [6.07, 6.45) is 2.62. The van der Waals surface area contributed by atoms with Gasteiger partial charge in [0.05, 0.1) is 10.4 Å². The van der Waals surface area contributed by atoms with E-state index in [9.17, 15) is 4.79 Å². The summed E-state index contributed by atoms with van der Waals surface area (Å²) in [4.78, 5) is 16.2. The lowest BCUT2D eigenvalue weighted by Gasteiger charge is -2.21. The number of halogens is 3. The molecular weight excluding hydrogens is 616 g/mol. The van der Waals surface area contributed by atoms with Crippen molar-refractivity contribution in [2.24, 2.45) is 5.92 Å². The molecule has 9 nitrogen and oxygen atoms in total. The van der Waals surface area contributed by atoms with Crippen molar-refractivity contribution in [3.05, 3.63) is 47.2 Å². The summed E-state index contributed by atoms with van der Waals surface area (Å²) in [5.41, 5.74) is -0.0196. The number of ether oxygens (including phenoxy) is 3. The average Bonchev–Trinajstić information content (AvgIpc) is 3.20. The SMILES string of the molecule is C[C@H](CNC(=O)OC(C)(C)C)CNC(=S)Nc1cc(F)c(Oc2ccnc3c2c(Cl)cn3COCC[Si](C)(C)C)c(F)c1. The normalized spacial score (nSPS) is 12.6. The molecule has 0 spiro atoms. The third kappa shape index (κ3) is 10.9. The molecule has 2 aromatic heterocycles. The molecule has 1 atom stereocenters. The molecule has 0 fully saturated rings. The number of benzene rings is 1. The van der Waals surface area contributed by atoms with Crippen molar-refractivity contribution < 1.29 is 27.8 Å². The van der Waals surface area contributed by atoms with Gasteiger partial charge < -0.3 is 34.7 Å². The Labute approximate surface area is 262 Å². The van der Waals surface area contributed by atoms with Gasteiger partial charge in [-0.3, -0.25) is 0 Å². The number of aromatic nitrogens is 2. The molecule has 236 valence electrons. The van der Waals surface area contributed by atoms with Gasteiger partial charge in [0.25, 0.3) is 0 Å². The second-order valence-electron chi connectivity index (χ2n) is 12.5. The third-order valence-corrected chi connectivity index (χ3v) is 8.21. The molecule has 0 saturated heterocycles. The maximum absolute atomic E-state index is 15.1. The first-order valence-corrected chi connectivity index (χ1v) is 18.4. The van der Waals surface area contributed by atoms with Gasteiger partial charge >= 0.3 is 6.09 Å². The van der Waals surface area contributed by atoms with Gasteiger partial charge in [-0.1, -0.05) is 38.2 Å². The van der Waals surface area contributed by atoms with Gasteiger partial charge in [0.2, 0.25) is 0 Å². The fourth-order valence-corrected chi connectivity index (χ4v) is 5.04. The fourth-order valence-electron chi connectivity index (χ4n) is 3.79. The van der Waals surface area contributed by atoms with Crippen LogP contribution in [-0.2, 0) is 16.2 Å². The van der Waals surface area contributed by atoms with Crippen LogP contribution < -0.4 is 20.7 Å². The summed E-state index contributed by atoms with van der Waals surface area (Å²) >= 11 is 11.7. The van der Waals surface area contributed by atoms with E-state index in [1.807, 2.05) is 6.92 Å². The van der Waals surface area contributed by atoms with E-state index in [0.717, 1.165) is 18.2 Å². The van der Waals surface area contributed by atoms with Crippen LogP contribution in [0.2, 0.25) is 30.7 Å². The highest BCUT2D eigenvalue weighted by atomic mass is 35.5. The van der Waals surface area contributed by atoms with Crippen LogP contribution in [0.5, 0.6) is 11.5 Å². The summed E-state index contributed by atoms with van der Waals surface area (Å²) in [5, 5.41) is 9.32. The fraction of sp³-hybridized carbons (Fsp3) is 0.483. The van der Waals surface area contributed by atoms with Gasteiger partial charge in [0, 0.05) is 58.0 Å². The number of carbonyl (C=O) groups is 1. The number of rotatable bonds is 12. The Bertz CT molecular complexity index is 1420. The number of nitrogens with one attached hydrogen (secondary N) is 3. The van der Waals surface area contributed by atoms with Crippen molar-refractivity contribution >= 4 is 59.8 Å². The van der Waals surface area contributed by atoms with Gasteiger partial charge in [0.1, 0.15) is 23.7 Å². The smallest absolute Gasteiger partial charge is 0.407 e. The number of carbonyl (C=O) groups excluding carboxylic acids is 1. The first kappa shape index (κ1) is 34.5. The van der Waals surface area contributed by atoms with E-state index < -0.39 is 37.2 Å². The average molecular weight is 656 g/mol. The number of hydrogen-bond donors (Lipinski definition) is 3. The molecule has 1 amide bonds. The lowest BCUT2D eigenvalue weighted by molar-refractivity contribution is 0.0520. The number of fused-ring (bicyclic) bond motifs is 1. The monoisotopic (exact) mass is 655 g/mol. The van der Waals surface area contributed by atoms with E-state index in [4.69, 9.17) is 38.0 Å². The van der Waals surface area contributed by atoms with Gasteiger partial charge in [0.15, 0.2) is 22.5 Å². The molecule has 3 aromatic rings. The maximum Gasteiger partial charge on any atom is 0.407 e.